The lowest BCUT2D eigenvalue weighted by Gasteiger charge is -2.12. The maximum absolute atomic E-state index is 12.4. The highest BCUT2D eigenvalue weighted by atomic mass is 16.6. The largest absolute Gasteiger partial charge is 0.478 e. The van der Waals surface area contributed by atoms with Crippen LogP contribution in [0.2, 0.25) is 0 Å². The zero-order valence-corrected chi connectivity index (χ0v) is 26.7. The molecule has 0 spiro atoms. The van der Waals surface area contributed by atoms with Crippen molar-refractivity contribution in [3.05, 3.63) is 111 Å². The number of ketones is 1. The second-order valence-corrected chi connectivity index (χ2v) is 11.1. The van der Waals surface area contributed by atoms with Crippen molar-refractivity contribution in [1.29, 1.82) is 0 Å². The maximum Gasteiger partial charge on any atom is 0.339 e. The van der Waals surface area contributed by atoms with E-state index in [0.717, 1.165) is 37.7 Å². The third-order valence-electron chi connectivity index (χ3n) is 7.49. The topological polar surface area (TPSA) is 124 Å². The van der Waals surface area contributed by atoms with Crippen LogP contribution in [-0.4, -0.2) is 34.4 Å². The Morgan fingerprint density at radius 2 is 1.24 bits per heavy atom. The summed E-state index contributed by atoms with van der Waals surface area (Å²) in [7, 11) is 0. The fraction of sp³-hybridized carbons (Fsp3) is 0.432. The molecule has 0 aliphatic rings. The molecular weight excluding hydrogens is 570 g/mol. The van der Waals surface area contributed by atoms with Crippen molar-refractivity contribution in [2.24, 2.45) is 0 Å². The fourth-order valence-corrected chi connectivity index (χ4v) is 4.94. The monoisotopic (exact) mass is 617 g/mol. The van der Waals surface area contributed by atoms with Crippen LogP contribution in [0, 0.1) is 10.1 Å². The van der Waals surface area contributed by atoms with E-state index in [9.17, 15) is 29.6 Å². The highest BCUT2D eigenvalue weighted by Gasteiger charge is 2.21. The van der Waals surface area contributed by atoms with Crippen molar-refractivity contribution in [2.45, 2.75) is 97.3 Å². The fourth-order valence-electron chi connectivity index (χ4n) is 4.94. The zero-order chi connectivity index (χ0) is 32.9. The summed E-state index contributed by atoms with van der Waals surface area (Å²) in [6, 6.07) is 19.5. The second-order valence-electron chi connectivity index (χ2n) is 11.1. The summed E-state index contributed by atoms with van der Waals surface area (Å²) in [6.07, 6.45) is 14.3. The van der Waals surface area contributed by atoms with Crippen molar-refractivity contribution in [3.8, 4) is 0 Å². The van der Waals surface area contributed by atoms with Crippen LogP contribution in [-0.2, 0) is 11.2 Å². The third-order valence-corrected chi connectivity index (χ3v) is 7.49. The number of esters is 1. The summed E-state index contributed by atoms with van der Waals surface area (Å²) in [5.74, 6) is -1.70. The molecule has 0 atom stereocenters. The van der Waals surface area contributed by atoms with Gasteiger partial charge in [0.1, 0.15) is 0 Å². The Labute approximate surface area is 267 Å². The van der Waals surface area contributed by atoms with Crippen LogP contribution >= 0.6 is 0 Å². The predicted molar refractivity (Wildman–Crippen MR) is 177 cm³/mol. The molecule has 3 rings (SSSR count). The van der Waals surface area contributed by atoms with E-state index in [2.05, 4.69) is 13.8 Å². The van der Waals surface area contributed by atoms with E-state index < -0.39 is 16.9 Å². The van der Waals surface area contributed by atoms with Crippen molar-refractivity contribution in [3.63, 3.8) is 0 Å². The van der Waals surface area contributed by atoms with Gasteiger partial charge in [-0.3, -0.25) is 14.9 Å². The van der Waals surface area contributed by atoms with E-state index in [-0.39, 0.29) is 22.6 Å². The summed E-state index contributed by atoms with van der Waals surface area (Å²) in [5.41, 5.74) is 2.03. The Bertz CT molecular complexity index is 1340. The average Bonchev–Trinajstić information content (AvgIpc) is 3.06. The minimum Gasteiger partial charge on any atom is -0.478 e. The molecule has 0 unspecified atom stereocenters. The SMILES string of the molecule is CCCCCCCCOC(=O)c1cccc(CCCCCCCC)c1C(=O)O.O=C(c1ccccc1)c1ccc([N+](=O)[O-])cc1. The van der Waals surface area contributed by atoms with Crippen LogP contribution in [0.4, 0.5) is 5.69 Å². The minimum absolute atomic E-state index is 0.0189. The Morgan fingerprint density at radius 3 is 1.82 bits per heavy atom. The van der Waals surface area contributed by atoms with Gasteiger partial charge < -0.3 is 9.84 Å². The first kappa shape index (κ1) is 36.9. The maximum atomic E-state index is 12.4. The van der Waals surface area contributed by atoms with Crippen LogP contribution in [0.3, 0.4) is 0 Å². The molecule has 242 valence electrons. The van der Waals surface area contributed by atoms with E-state index in [1.807, 2.05) is 12.1 Å². The lowest BCUT2D eigenvalue weighted by molar-refractivity contribution is -0.384. The number of carbonyl (C=O) groups excluding carboxylic acids is 2. The molecule has 0 fully saturated rings. The number of nitro groups is 1. The highest BCUT2D eigenvalue weighted by molar-refractivity contribution is 6.09. The molecule has 45 heavy (non-hydrogen) atoms. The van der Waals surface area contributed by atoms with Gasteiger partial charge in [-0.15, -0.1) is 0 Å². The van der Waals surface area contributed by atoms with E-state index in [0.29, 0.717) is 24.2 Å². The van der Waals surface area contributed by atoms with Gasteiger partial charge in [0.15, 0.2) is 5.78 Å². The van der Waals surface area contributed by atoms with E-state index in [1.54, 1.807) is 36.4 Å². The molecule has 8 heteroatoms. The lowest BCUT2D eigenvalue weighted by atomic mass is 9.96. The summed E-state index contributed by atoms with van der Waals surface area (Å²) in [5, 5.41) is 20.1. The number of aryl methyl sites for hydroxylation is 1. The molecule has 0 saturated carbocycles. The van der Waals surface area contributed by atoms with Gasteiger partial charge in [0.25, 0.3) is 5.69 Å². The number of hydrogen-bond donors (Lipinski definition) is 1. The van der Waals surface area contributed by atoms with Gasteiger partial charge >= 0.3 is 11.9 Å². The number of unbranched alkanes of at least 4 members (excludes halogenated alkanes) is 10. The smallest absolute Gasteiger partial charge is 0.339 e. The van der Waals surface area contributed by atoms with Crippen molar-refractivity contribution in [1.82, 2.24) is 0 Å². The zero-order valence-electron chi connectivity index (χ0n) is 26.7. The average molecular weight is 618 g/mol. The van der Waals surface area contributed by atoms with Gasteiger partial charge in [-0.1, -0.05) is 121 Å². The molecule has 0 aromatic heterocycles. The molecule has 3 aromatic carbocycles. The Hall–Kier alpha value is -4.33. The number of carboxylic acid groups (broad SMARTS) is 1. The summed E-state index contributed by atoms with van der Waals surface area (Å²) in [6.45, 7) is 4.73. The van der Waals surface area contributed by atoms with E-state index >= 15 is 0 Å². The first-order chi connectivity index (χ1) is 21.8. The van der Waals surface area contributed by atoms with Gasteiger partial charge in [-0.2, -0.15) is 0 Å². The molecule has 8 nitrogen and oxygen atoms in total. The van der Waals surface area contributed by atoms with Crippen LogP contribution < -0.4 is 0 Å². The number of nitro benzene ring substituents is 1. The van der Waals surface area contributed by atoms with Crippen molar-refractivity contribution < 1.29 is 29.2 Å². The van der Waals surface area contributed by atoms with Crippen molar-refractivity contribution in [2.75, 3.05) is 6.61 Å². The van der Waals surface area contributed by atoms with E-state index in [1.165, 1.54) is 69.2 Å². The molecule has 0 aliphatic heterocycles. The van der Waals surface area contributed by atoms with Crippen LogP contribution in [0.5, 0.6) is 0 Å². The van der Waals surface area contributed by atoms with Gasteiger partial charge in [-0.25, -0.2) is 9.59 Å². The molecule has 0 amide bonds. The van der Waals surface area contributed by atoms with E-state index in [4.69, 9.17) is 4.74 Å². The molecule has 0 heterocycles. The van der Waals surface area contributed by atoms with Gasteiger partial charge in [0.2, 0.25) is 0 Å². The van der Waals surface area contributed by atoms with Gasteiger partial charge in [0, 0.05) is 23.3 Å². The van der Waals surface area contributed by atoms with Crippen LogP contribution in [0.15, 0.2) is 72.8 Å². The molecule has 3 aromatic rings. The number of non-ortho nitro benzene ring substituents is 1. The third kappa shape index (κ3) is 13.5. The van der Waals surface area contributed by atoms with Crippen LogP contribution in [0.25, 0.3) is 0 Å². The first-order valence-electron chi connectivity index (χ1n) is 16.2. The quantitative estimate of drug-likeness (QED) is 0.0467. The predicted octanol–water partition coefficient (Wildman–Crippen LogP) is 9.63. The second kappa shape index (κ2) is 21.4. The van der Waals surface area contributed by atoms with Crippen LogP contribution in [0.1, 0.15) is 133 Å². The first-order valence-corrected chi connectivity index (χ1v) is 16.2. The lowest BCUT2D eigenvalue weighted by Crippen LogP contribution is -2.15. The number of carboxylic acids is 1. The number of aromatic carboxylic acids is 1. The molecule has 0 bridgehead atoms. The molecule has 0 radical (unpaired) electrons. The number of hydrogen-bond acceptors (Lipinski definition) is 6. The summed E-state index contributed by atoms with van der Waals surface area (Å²) >= 11 is 0. The molecule has 0 aliphatic carbocycles. The number of nitrogens with zero attached hydrogens (tertiary/aromatic N) is 1. The highest BCUT2D eigenvalue weighted by Crippen LogP contribution is 2.20. The Kier molecular flexibility index (Phi) is 17.5. The molecule has 0 saturated heterocycles. The number of ether oxygens (including phenoxy) is 1. The van der Waals surface area contributed by atoms with Gasteiger partial charge in [0.05, 0.1) is 22.7 Å². The van der Waals surface area contributed by atoms with Crippen molar-refractivity contribution >= 4 is 23.4 Å². The molecular formula is C37H47NO7. The summed E-state index contributed by atoms with van der Waals surface area (Å²) in [4.78, 5) is 46.2. The minimum atomic E-state index is -1.05. The normalized spacial score (nSPS) is 10.4. The summed E-state index contributed by atoms with van der Waals surface area (Å²) < 4.78 is 5.35. The Balaban J connectivity index is 0.000000351. The van der Waals surface area contributed by atoms with Gasteiger partial charge in [-0.05, 0) is 43.0 Å². The number of benzene rings is 3. The number of rotatable bonds is 19. The standard InChI is InChI=1S/C24H38O4.C13H9NO3/c1-3-5-7-9-11-13-16-20-17-15-18-21(22(20)23(25)26)24(27)28-19-14-12-10-8-6-4-2;15-13(10-4-2-1-3-5-10)11-6-8-12(9-7-11)14(16)17/h15,17-18H,3-14,16,19H2,1-2H3,(H,25,26);1-9H. The number of carbonyl (C=O) groups is 3. The Morgan fingerprint density at radius 1 is 0.689 bits per heavy atom. The molecule has 1 N–H and O–H groups in total.